The summed E-state index contributed by atoms with van der Waals surface area (Å²) < 4.78 is 17.2. The van der Waals surface area contributed by atoms with Crippen LogP contribution < -0.4 is 9.47 Å². The molecule has 1 aliphatic heterocycles. The minimum Gasteiger partial charge on any atom is -0.493 e. The number of morpholine rings is 1. The van der Waals surface area contributed by atoms with E-state index in [0.717, 1.165) is 49.0 Å². The second-order valence-corrected chi connectivity index (χ2v) is 5.86. The number of hydrogen-bond acceptors (Lipinski definition) is 5. The van der Waals surface area contributed by atoms with Crippen LogP contribution in [-0.2, 0) is 9.53 Å². The van der Waals surface area contributed by atoms with Crippen molar-refractivity contribution in [3.05, 3.63) is 28.2 Å². The number of nitrogens with zero attached hydrogens (tertiary/aromatic N) is 1. The molecular weight excluding hydrogens is 366 g/mol. The number of halogens is 1. The van der Waals surface area contributed by atoms with Crippen molar-refractivity contribution in [3.63, 3.8) is 0 Å². The van der Waals surface area contributed by atoms with Crippen molar-refractivity contribution in [2.24, 2.45) is 0 Å². The van der Waals surface area contributed by atoms with Crippen LogP contribution in [0.5, 0.6) is 11.5 Å². The molecule has 0 aromatic heterocycles. The third kappa shape index (κ3) is 5.53. The minimum absolute atomic E-state index is 0.541. The summed E-state index contributed by atoms with van der Waals surface area (Å²) in [6.07, 6.45) is 2.59. The SMILES string of the molecule is COc1cc(C=CC(=O)O)cc(Br)c1OCCN1CCOCC1. The molecule has 0 spiro atoms. The highest BCUT2D eigenvalue weighted by Crippen LogP contribution is 2.37. The van der Waals surface area contributed by atoms with E-state index in [-0.39, 0.29) is 0 Å². The predicted octanol–water partition coefficient (Wildman–Crippen LogP) is 2.27. The number of methoxy groups -OCH3 is 1. The fraction of sp³-hybridized carbons (Fsp3) is 0.438. The van der Waals surface area contributed by atoms with E-state index in [1.165, 1.54) is 6.08 Å². The van der Waals surface area contributed by atoms with Crippen molar-refractivity contribution in [3.8, 4) is 11.5 Å². The Bertz CT molecular complexity index is 570. The van der Waals surface area contributed by atoms with Crippen molar-refractivity contribution in [1.29, 1.82) is 0 Å². The molecule has 0 atom stereocenters. The smallest absolute Gasteiger partial charge is 0.328 e. The Morgan fingerprint density at radius 2 is 2.17 bits per heavy atom. The van der Waals surface area contributed by atoms with Crippen molar-refractivity contribution in [2.45, 2.75) is 0 Å². The van der Waals surface area contributed by atoms with Crippen LogP contribution in [0, 0.1) is 0 Å². The standard InChI is InChI=1S/C16H20BrNO5/c1-21-14-11-12(2-3-15(19)20)10-13(17)16(14)23-9-6-18-4-7-22-8-5-18/h2-3,10-11H,4-9H2,1H3,(H,19,20). The van der Waals surface area contributed by atoms with Crippen LogP contribution in [-0.4, -0.2) is 62.5 Å². The molecule has 1 heterocycles. The first-order chi connectivity index (χ1) is 11.1. The molecule has 0 amide bonds. The van der Waals surface area contributed by atoms with E-state index in [0.29, 0.717) is 18.1 Å². The second-order valence-electron chi connectivity index (χ2n) is 5.01. The van der Waals surface area contributed by atoms with Gasteiger partial charge in [-0.2, -0.15) is 0 Å². The molecule has 1 fully saturated rings. The highest BCUT2D eigenvalue weighted by atomic mass is 79.9. The second kappa shape index (κ2) is 8.90. The lowest BCUT2D eigenvalue weighted by Crippen LogP contribution is -2.38. The summed E-state index contributed by atoms with van der Waals surface area (Å²) >= 11 is 3.45. The van der Waals surface area contributed by atoms with Crippen LogP contribution in [0.3, 0.4) is 0 Å². The highest BCUT2D eigenvalue weighted by Gasteiger charge is 2.13. The van der Waals surface area contributed by atoms with Gasteiger partial charge in [-0.05, 0) is 39.7 Å². The molecule has 1 N–H and O–H groups in total. The topological polar surface area (TPSA) is 68.2 Å². The van der Waals surface area contributed by atoms with Gasteiger partial charge in [-0.25, -0.2) is 4.79 Å². The van der Waals surface area contributed by atoms with Crippen LogP contribution in [0.25, 0.3) is 6.08 Å². The first-order valence-electron chi connectivity index (χ1n) is 7.31. The van der Waals surface area contributed by atoms with E-state index < -0.39 is 5.97 Å². The molecular formula is C16H20BrNO5. The number of carboxylic acids is 1. The van der Waals surface area contributed by atoms with Crippen LogP contribution in [0.2, 0.25) is 0 Å². The molecule has 0 unspecified atom stereocenters. The molecule has 126 valence electrons. The molecule has 1 aromatic rings. The molecule has 0 aliphatic carbocycles. The fourth-order valence-electron chi connectivity index (χ4n) is 2.25. The summed E-state index contributed by atoms with van der Waals surface area (Å²) in [6, 6.07) is 3.54. The number of benzene rings is 1. The lowest BCUT2D eigenvalue weighted by Gasteiger charge is -2.26. The maximum absolute atomic E-state index is 10.6. The zero-order chi connectivity index (χ0) is 16.7. The molecule has 0 radical (unpaired) electrons. The van der Waals surface area contributed by atoms with E-state index in [1.807, 2.05) is 0 Å². The molecule has 0 saturated carbocycles. The Morgan fingerprint density at radius 1 is 1.43 bits per heavy atom. The average molecular weight is 386 g/mol. The van der Waals surface area contributed by atoms with E-state index in [9.17, 15) is 4.79 Å². The summed E-state index contributed by atoms with van der Waals surface area (Å²) in [5.74, 6) is 0.186. The van der Waals surface area contributed by atoms with Crippen LogP contribution >= 0.6 is 15.9 Å². The van der Waals surface area contributed by atoms with Gasteiger partial charge >= 0.3 is 5.97 Å². The Hall–Kier alpha value is -1.57. The summed E-state index contributed by atoms with van der Waals surface area (Å²) in [5.41, 5.74) is 0.719. The van der Waals surface area contributed by atoms with E-state index >= 15 is 0 Å². The third-order valence-corrected chi connectivity index (χ3v) is 4.02. The maximum atomic E-state index is 10.6. The fourth-order valence-corrected chi connectivity index (χ4v) is 2.82. The van der Waals surface area contributed by atoms with Gasteiger partial charge in [0.1, 0.15) is 6.61 Å². The maximum Gasteiger partial charge on any atom is 0.328 e. The lowest BCUT2D eigenvalue weighted by atomic mass is 10.2. The number of carbonyl (C=O) groups is 1. The quantitative estimate of drug-likeness (QED) is 0.726. The van der Waals surface area contributed by atoms with Gasteiger partial charge < -0.3 is 19.3 Å². The summed E-state index contributed by atoms with van der Waals surface area (Å²) in [5, 5.41) is 8.70. The monoisotopic (exact) mass is 385 g/mol. The zero-order valence-electron chi connectivity index (χ0n) is 13.0. The normalized spacial score (nSPS) is 15.7. The summed E-state index contributed by atoms with van der Waals surface area (Å²) in [7, 11) is 1.56. The van der Waals surface area contributed by atoms with E-state index in [2.05, 4.69) is 20.8 Å². The van der Waals surface area contributed by atoms with Crippen molar-refractivity contribution >= 4 is 28.0 Å². The van der Waals surface area contributed by atoms with Crippen LogP contribution in [0.1, 0.15) is 5.56 Å². The van der Waals surface area contributed by atoms with Gasteiger partial charge in [0, 0.05) is 25.7 Å². The first-order valence-corrected chi connectivity index (χ1v) is 8.11. The Labute approximate surface area is 143 Å². The number of hydrogen-bond donors (Lipinski definition) is 1. The van der Waals surface area contributed by atoms with Crippen LogP contribution in [0.15, 0.2) is 22.7 Å². The number of aliphatic carboxylic acids is 1. The predicted molar refractivity (Wildman–Crippen MR) is 90.1 cm³/mol. The van der Waals surface area contributed by atoms with Crippen molar-refractivity contribution in [2.75, 3.05) is 46.6 Å². The Kier molecular flexibility index (Phi) is 6.88. The van der Waals surface area contributed by atoms with Gasteiger partial charge in [0.15, 0.2) is 11.5 Å². The molecule has 1 aliphatic rings. The largest absolute Gasteiger partial charge is 0.493 e. The molecule has 2 rings (SSSR count). The first kappa shape index (κ1) is 17.8. The molecule has 0 bridgehead atoms. The Morgan fingerprint density at radius 3 is 2.83 bits per heavy atom. The number of rotatable bonds is 7. The van der Waals surface area contributed by atoms with Crippen molar-refractivity contribution in [1.82, 2.24) is 4.90 Å². The van der Waals surface area contributed by atoms with E-state index in [1.54, 1.807) is 19.2 Å². The van der Waals surface area contributed by atoms with Crippen LogP contribution in [0.4, 0.5) is 0 Å². The average Bonchev–Trinajstić information content (AvgIpc) is 2.55. The van der Waals surface area contributed by atoms with Crippen molar-refractivity contribution < 1.29 is 24.1 Å². The number of ether oxygens (including phenoxy) is 3. The summed E-state index contributed by atoms with van der Waals surface area (Å²) in [6.45, 7) is 4.72. The van der Waals surface area contributed by atoms with Gasteiger partial charge in [0.2, 0.25) is 0 Å². The highest BCUT2D eigenvalue weighted by molar-refractivity contribution is 9.10. The van der Waals surface area contributed by atoms with Gasteiger partial charge in [-0.3, -0.25) is 4.90 Å². The third-order valence-electron chi connectivity index (χ3n) is 3.43. The van der Waals surface area contributed by atoms with Gasteiger partial charge in [-0.1, -0.05) is 0 Å². The molecule has 1 aromatic carbocycles. The molecule has 6 nitrogen and oxygen atoms in total. The lowest BCUT2D eigenvalue weighted by molar-refractivity contribution is -0.131. The Balaban J connectivity index is 2.01. The molecule has 7 heteroatoms. The van der Waals surface area contributed by atoms with Gasteiger partial charge in [0.05, 0.1) is 24.8 Å². The molecule has 1 saturated heterocycles. The van der Waals surface area contributed by atoms with E-state index in [4.69, 9.17) is 19.3 Å². The minimum atomic E-state index is -0.995. The molecule has 23 heavy (non-hydrogen) atoms. The van der Waals surface area contributed by atoms with Gasteiger partial charge in [0.25, 0.3) is 0 Å². The van der Waals surface area contributed by atoms with Gasteiger partial charge in [-0.15, -0.1) is 0 Å². The summed E-state index contributed by atoms with van der Waals surface area (Å²) in [4.78, 5) is 12.9. The number of carboxylic acid groups (broad SMARTS) is 1. The zero-order valence-corrected chi connectivity index (χ0v) is 14.5.